The summed E-state index contributed by atoms with van der Waals surface area (Å²) in [5, 5.41) is 15.9. The summed E-state index contributed by atoms with van der Waals surface area (Å²) in [6.07, 6.45) is 0. The van der Waals surface area contributed by atoms with Gasteiger partial charge in [0, 0.05) is 5.41 Å². The molecule has 0 aliphatic heterocycles. The lowest BCUT2D eigenvalue weighted by Gasteiger charge is -2.25. The van der Waals surface area contributed by atoms with Gasteiger partial charge < -0.3 is 0 Å². The van der Waals surface area contributed by atoms with Gasteiger partial charge in [-0.1, -0.05) is 159 Å². The Labute approximate surface area is 285 Å². The van der Waals surface area contributed by atoms with Crippen molar-refractivity contribution in [2.75, 3.05) is 0 Å². The maximum Gasteiger partial charge on any atom is 0.0171 e. The van der Waals surface area contributed by atoms with E-state index in [2.05, 4.69) is 172 Å². The molecule has 0 heteroatoms. The van der Waals surface area contributed by atoms with Gasteiger partial charge in [0.2, 0.25) is 0 Å². The molecule has 0 spiro atoms. The van der Waals surface area contributed by atoms with Gasteiger partial charge in [-0.3, -0.25) is 0 Å². The van der Waals surface area contributed by atoms with Crippen LogP contribution in [0.15, 0.2) is 158 Å². The van der Waals surface area contributed by atoms with Crippen molar-refractivity contribution in [2.45, 2.75) is 19.3 Å². The Morgan fingerprint density at radius 2 is 0.918 bits per heavy atom. The smallest absolute Gasteiger partial charge is 0.0171 e. The molecule has 0 saturated heterocycles. The zero-order valence-electron chi connectivity index (χ0n) is 27.5. The molecule has 0 aromatic heterocycles. The Balaban J connectivity index is 1.12. The van der Waals surface area contributed by atoms with Crippen LogP contribution in [0.25, 0.3) is 98.0 Å². The van der Waals surface area contributed by atoms with Crippen LogP contribution in [0.2, 0.25) is 0 Å². The summed E-state index contributed by atoms with van der Waals surface area (Å²) in [6.45, 7) is 4.85. The van der Waals surface area contributed by atoms with Crippen molar-refractivity contribution >= 4 is 64.6 Å². The SMILES string of the molecule is CC1(C)c2c(ccc3ccccc23)-c2c1c1ccc(-c3cccc(-c4ccc5ccc6cccc7ccc4c5c67)c3)cc1c1ccccc21. The fourth-order valence-electron chi connectivity index (χ4n) is 9.43. The number of benzene rings is 10. The second-order valence-corrected chi connectivity index (χ2v) is 14.4. The summed E-state index contributed by atoms with van der Waals surface area (Å²) in [5.74, 6) is 0. The second-order valence-electron chi connectivity index (χ2n) is 14.4. The van der Waals surface area contributed by atoms with E-state index in [1.165, 1.54) is 109 Å². The largest absolute Gasteiger partial charge is 0.0616 e. The molecular formula is C49H32. The van der Waals surface area contributed by atoms with E-state index in [9.17, 15) is 0 Å². The first-order valence-corrected chi connectivity index (χ1v) is 17.4. The second kappa shape index (κ2) is 9.56. The highest BCUT2D eigenvalue weighted by atomic mass is 14.4. The summed E-state index contributed by atoms with van der Waals surface area (Å²) < 4.78 is 0. The first-order valence-electron chi connectivity index (χ1n) is 17.4. The van der Waals surface area contributed by atoms with Gasteiger partial charge in [-0.25, -0.2) is 0 Å². The van der Waals surface area contributed by atoms with Crippen molar-refractivity contribution < 1.29 is 0 Å². The Hall–Kier alpha value is -5.98. The number of hydrogen-bond donors (Lipinski definition) is 0. The Bertz CT molecular complexity index is 2990. The molecule has 228 valence electrons. The Morgan fingerprint density at radius 1 is 0.327 bits per heavy atom. The molecule has 0 saturated carbocycles. The molecule has 10 aromatic rings. The molecule has 0 nitrogen and oxygen atoms in total. The van der Waals surface area contributed by atoms with E-state index in [-0.39, 0.29) is 5.41 Å². The summed E-state index contributed by atoms with van der Waals surface area (Å²) in [4.78, 5) is 0. The van der Waals surface area contributed by atoms with E-state index >= 15 is 0 Å². The van der Waals surface area contributed by atoms with Crippen LogP contribution >= 0.6 is 0 Å². The van der Waals surface area contributed by atoms with E-state index in [0.29, 0.717) is 0 Å². The molecule has 1 aliphatic carbocycles. The van der Waals surface area contributed by atoms with E-state index in [0.717, 1.165) is 0 Å². The minimum Gasteiger partial charge on any atom is -0.0616 e. The molecule has 0 atom stereocenters. The first-order chi connectivity index (χ1) is 24.1. The quantitative estimate of drug-likeness (QED) is 0.169. The van der Waals surface area contributed by atoms with Gasteiger partial charge in [-0.15, -0.1) is 0 Å². The third kappa shape index (κ3) is 3.58. The summed E-state index contributed by atoms with van der Waals surface area (Å²) in [6, 6.07) is 59.2. The lowest BCUT2D eigenvalue weighted by Crippen LogP contribution is -2.16. The van der Waals surface area contributed by atoms with Crippen molar-refractivity contribution in [3.63, 3.8) is 0 Å². The van der Waals surface area contributed by atoms with Crippen molar-refractivity contribution in [1.29, 1.82) is 0 Å². The highest BCUT2D eigenvalue weighted by Gasteiger charge is 2.39. The van der Waals surface area contributed by atoms with E-state index in [1.807, 2.05) is 0 Å². The molecule has 0 amide bonds. The van der Waals surface area contributed by atoms with Crippen LogP contribution in [-0.2, 0) is 5.41 Å². The molecule has 1 aliphatic rings. The van der Waals surface area contributed by atoms with Gasteiger partial charge in [-0.2, -0.15) is 0 Å². The predicted molar refractivity (Wildman–Crippen MR) is 211 cm³/mol. The van der Waals surface area contributed by atoms with Crippen LogP contribution in [-0.4, -0.2) is 0 Å². The highest BCUT2D eigenvalue weighted by Crippen LogP contribution is 2.56. The summed E-state index contributed by atoms with van der Waals surface area (Å²) in [7, 11) is 0. The average Bonchev–Trinajstić information content (AvgIpc) is 3.40. The van der Waals surface area contributed by atoms with Gasteiger partial charge in [0.1, 0.15) is 0 Å². The number of fused-ring (bicyclic) bond motifs is 10. The van der Waals surface area contributed by atoms with Crippen LogP contribution in [0.1, 0.15) is 25.0 Å². The maximum atomic E-state index is 2.44. The van der Waals surface area contributed by atoms with E-state index in [1.54, 1.807) is 0 Å². The molecule has 10 aromatic carbocycles. The van der Waals surface area contributed by atoms with Gasteiger partial charge >= 0.3 is 0 Å². The molecule has 0 radical (unpaired) electrons. The van der Waals surface area contributed by atoms with Gasteiger partial charge in [0.25, 0.3) is 0 Å². The normalized spacial score (nSPS) is 13.7. The fraction of sp³-hybridized carbons (Fsp3) is 0.0612. The fourth-order valence-corrected chi connectivity index (χ4v) is 9.43. The van der Waals surface area contributed by atoms with Gasteiger partial charge in [-0.05, 0) is 121 Å². The minimum absolute atomic E-state index is 0.135. The molecule has 49 heavy (non-hydrogen) atoms. The highest BCUT2D eigenvalue weighted by molar-refractivity contribution is 6.25. The van der Waals surface area contributed by atoms with Crippen LogP contribution in [0.5, 0.6) is 0 Å². The van der Waals surface area contributed by atoms with Crippen LogP contribution in [0, 0.1) is 0 Å². The maximum absolute atomic E-state index is 2.44. The minimum atomic E-state index is -0.135. The first kappa shape index (κ1) is 27.0. The molecule has 0 unspecified atom stereocenters. The van der Waals surface area contributed by atoms with Crippen LogP contribution in [0.3, 0.4) is 0 Å². The molecule has 0 heterocycles. The summed E-state index contributed by atoms with van der Waals surface area (Å²) in [5.41, 5.74) is 10.6. The van der Waals surface area contributed by atoms with Crippen molar-refractivity contribution in [3.05, 3.63) is 169 Å². The van der Waals surface area contributed by atoms with Gasteiger partial charge in [0.05, 0.1) is 0 Å². The third-order valence-electron chi connectivity index (χ3n) is 11.5. The standard InChI is InChI=1S/C49H32/c1-49(2)47-37-14-4-3-9-29(37)19-26-42(47)46-39-16-6-5-15-38(39)43-28-34(22-25-41(43)48(46)49)33-12-8-13-35(27-33)36-23-20-32-18-17-30-10-7-11-31-21-24-40(36)45(32)44(30)31/h3-28H,1-2H3. The molecule has 0 fully saturated rings. The lowest BCUT2D eigenvalue weighted by atomic mass is 9.77. The zero-order valence-corrected chi connectivity index (χ0v) is 27.5. The predicted octanol–water partition coefficient (Wildman–Crippen LogP) is 13.7. The average molecular weight is 621 g/mol. The lowest BCUT2D eigenvalue weighted by molar-refractivity contribution is 0.672. The van der Waals surface area contributed by atoms with Crippen LogP contribution < -0.4 is 0 Å². The van der Waals surface area contributed by atoms with Crippen molar-refractivity contribution in [3.8, 4) is 33.4 Å². The number of hydrogen-bond acceptors (Lipinski definition) is 0. The molecule has 0 bridgehead atoms. The van der Waals surface area contributed by atoms with Crippen LogP contribution in [0.4, 0.5) is 0 Å². The third-order valence-corrected chi connectivity index (χ3v) is 11.5. The van der Waals surface area contributed by atoms with Gasteiger partial charge in [0.15, 0.2) is 0 Å². The molecule has 11 rings (SSSR count). The van der Waals surface area contributed by atoms with Crippen molar-refractivity contribution in [1.82, 2.24) is 0 Å². The van der Waals surface area contributed by atoms with E-state index < -0.39 is 0 Å². The monoisotopic (exact) mass is 620 g/mol. The topological polar surface area (TPSA) is 0 Å². The molecule has 0 N–H and O–H groups in total. The zero-order chi connectivity index (χ0) is 32.4. The van der Waals surface area contributed by atoms with Crippen molar-refractivity contribution in [2.24, 2.45) is 0 Å². The Kier molecular flexibility index (Phi) is 5.27. The Morgan fingerprint density at radius 3 is 1.78 bits per heavy atom. The van der Waals surface area contributed by atoms with E-state index in [4.69, 9.17) is 0 Å². The molecular weight excluding hydrogens is 589 g/mol. The number of rotatable bonds is 2. The summed E-state index contributed by atoms with van der Waals surface area (Å²) >= 11 is 0.